The van der Waals surface area contributed by atoms with E-state index in [-0.39, 0.29) is 6.61 Å². The Morgan fingerprint density at radius 3 is 2.84 bits per heavy atom. The lowest BCUT2D eigenvalue weighted by molar-refractivity contribution is 0.305. The molecular formula is C16H21NO2. The summed E-state index contributed by atoms with van der Waals surface area (Å²) in [5, 5.41) is 8.74. The second kappa shape index (κ2) is 6.60. The number of benzene rings is 1. The minimum atomic E-state index is 0.112. The summed E-state index contributed by atoms with van der Waals surface area (Å²) in [5.74, 6) is 6.94. The van der Waals surface area contributed by atoms with Crippen molar-refractivity contribution in [3.8, 4) is 17.6 Å². The molecule has 0 aliphatic heterocycles. The van der Waals surface area contributed by atoms with E-state index >= 15 is 0 Å². The maximum absolute atomic E-state index is 8.74. The van der Waals surface area contributed by atoms with Crippen molar-refractivity contribution in [2.75, 3.05) is 20.8 Å². The van der Waals surface area contributed by atoms with Crippen molar-refractivity contribution in [1.82, 2.24) is 4.90 Å². The first-order chi connectivity index (χ1) is 9.24. The van der Waals surface area contributed by atoms with E-state index in [1.807, 2.05) is 12.1 Å². The van der Waals surface area contributed by atoms with Crippen molar-refractivity contribution in [2.45, 2.75) is 31.8 Å². The highest BCUT2D eigenvalue weighted by Crippen LogP contribution is 2.29. The molecule has 1 aromatic carbocycles. The molecule has 0 unspecified atom stereocenters. The summed E-state index contributed by atoms with van der Waals surface area (Å²) in [5.41, 5.74) is 2.15. The molecule has 1 saturated carbocycles. The second-order valence-corrected chi connectivity index (χ2v) is 4.95. The van der Waals surface area contributed by atoms with Crippen LogP contribution in [0.5, 0.6) is 5.75 Å². The smallest absolute Gasteiger partial charge is 0.123 e. The summed E-state index contributed by atoms with van der Waals surface area (Å²) in [6, 6.07) is 6.75. The van der Waals surface area contributed by atoms with Gasteiger partial charge in [-0.2, -0.15) is 0 Å². The molecule has 0 spiro atoms. The molecular weight excluding hydrogens is 238 g/mol. The van der Waals surface area contributed by atoms with E-state index in [2.05, 4.69) is 29.9 Å². The van der Waals surface area contributed by atoms with Crippen LogP contribution in [-0.2, 0) is 6.54 Å². The third-order valence-electron chi connectivity index (χ3n) is 3.34. The minimum Gasteiger partial charge on any atom is -0.496 e. The van der Waals surface area contributed by atoms with Gasteiger partial charge in [0.2, 0.25) is 0 Å². The summed E-state index contributed by atoms with van der Waals surface area (Å²) in [7, 11) is 3.86. The lowest BCUT2D eigenvalue weighted by Gasteiger charge is -2.17. The predicted molar refractivity (Wildman–Crippen MR) is 76.1 cm³/mol. The lowest BCUT2D eigenvalue weighted by atomic mass is 10.1. The van der Waals surface area contributed by atoms with Gasteiger partial charge >= 0.3 is 0 Å². The van der Waals surface area contributed by atoms with Crippen molar-refractivity contribution in [3.63, 3.8) is 0 Å². The standard InChI is InChI=1S/C16H21NO2/c1-17(15-7-8-15)12-14-11-13(5-3-4-10-18)6-9-16(14)19-2/h6,9,11,15,18H,4,7-8,10,12H2,1-2H3. The first-order valence-corrected chi connectivity index (χ1v) is 6.71. The van der Waals surface area contributed by atoms with Gasteiger partial charge in [-0.15, -0.1) is 0 Å². The van der Waals surface area contributed by atoms with Crippen LogP contribution in [0.25, 0.3) is 0 Å². The van der Waals surface area contributed by atoms with Gasteiger partial charge in [0.05, 0.1) is 13.7 Å². The number of aliphatic hydroxyl groups excluding tert-OH is 1. The Morgan fingerprint density at radius 2 is 2.21 bits per heavy atom. The number of rotatable bonds is 5. The molecule has 1 aliphatic rings. The molecule has 1 aliphatic carbocycles. The Morgan fingerprint density at radius 1 is 1.42 bits per heavy atom. The summed E-state index contributed by atoms with van der Waals surface area (Å²) in [6.07, 6.45) is 3.12. The highest BCUT2D eigenvalue weighted by molar-refractivity contribution is 5.44. The fourth-order valence-electron chi connectivity index (χ4n) is 2.11. The van der Waals surface area contributed by atoms with Gasteiger partial charge in [0.25, 0.3) is 0 Å². The zero-order valence-electron chi connectivity index (χ0n) is 11.6. The van der Waals surface area contributed by atoms with Gasteiger partial charge < -0.3 is 9.84 Å². The molecule has 0 bridgehead atoms. The summed E-state index contributed by atoms with van der Waals surface area (Å²) in [4.78, 5) is 2.36. The Hall–Kier alpha value is -1.50. The third-order valence-corrected chi connectivity index (χ3v) is 3.34. The lowest BCUT2D eigenvalue weighted by Crippen LogP contribution is -2.20. The molecule has 0 saturated heterocycles. The van der Waals surface area contributed by atoms with Gasteiger partial charge in [-0.05, 0) is 38.1 Å². The number of aliphatic hydroxyl groups is 1. The molecule has 0 aromatic heterocycles. The largest absolute Gasteiger partial charge is 0.496 e. The number of methoxy groups -OCH3 is 1. The molecule has 102 valence electrons. The highest BCUT2D eigenvalue weighted by atomic mass is 16.5. The third kappa shape index (κ3) is 3.99. The molecule has 0 atom stereocenters. The number of ether oxygens (including phenoxy) is 1. The van der Waals surface area contributed by atoms with Crippen molar-refractivity contribution < 1.29 is 9.84 Å². The van der Waals surface area contributed by atoms with E-state index in [1.165, 1.54) is 18.4 Å². The number of hydrogen-bond acceptors (Lipinski definition) is 3. The molecule has 19 heavy (non-hydrogen) atoms. The van der Waals surface area contributed by atoms with Gasteiger partial charge in [-0.1, -0.05) is 11.8 Å². The van der Waals surface area contributed by atoms with Crippen LogP contribution < -0.4 is 4.74 Å². The van der Waals surface area contributed by atoms with E-state index in [9.17, 15) is 0 Å². The summed E-state index contributed by atoms with van der Waals surface area (Å²) >= 11 is 0. The Labute approximate surface area is 115 Å². The van der Waals surface area contributed by atoms with Crippen molar-refractivity contribution >= 4 is 0 Å². The van der Waals surface area contributed by atoms with E-state index in [1.54, 1.807) is 7.11 Å². The molecule has 1 aromatic rings. The zero-order valence-corrected chi connectivity index (χ0v) is 11.6. The van der Waals surface area contributed by atoms with Crippen molar-refractivity contribution in [2.24, 2.45) is 0 Å². The molecule has 0 radical (unpaired) electrons. The van der Waals surface area contributed by atoms with Gasteiger partial charge in [0.15, 0.2) is 0 Å². The first-order valence-electron chi connectivity index (χ1n) is 6.71. The van der Waals surface area contributed by atoms with Crippen LogP contribution in [-0.4, -0.2) is 36.8 Å². The van der Waals surface area contributed by atoms with Crippen LogP contribution in [0.1, 0.15) is 30.4 Å². The molecule has 0 amide bonds. The molecule has 1 N–H and O–H groups in total. The van der Waals surface area contributed by atoms with Crippen LogP contribution >= 0.6 is 0 Å². The van der Waals surface area contributed by atoms with Gasteiger partial charge in [-0.3, -0.25) is 4.90 Å². The molecule has 0 heterocycles. The average Bonchev–Trinajstić information content (AvgIpc) is 3.24. The molecule has 3 heteroatoms. The minimum absolute atomic E-state index is 0.112. The van der Waals surface area contributed by atoms with Gasteiger partial charge in [0, 0.05) is 30.1 Å². The maximum Gasteiger partial charge on any atom is 0.123 e. The fourth-order valence-corrected chi connectivity index (χ4v) is 2.11. The van der Waals surface area contributed by atoms with Crippen LogP contribution in [0, 0.1) is 11.8 Å². The summed E-state index contributed by atoms with van der Waals surface area (Å²) < 4.78 is 5.41. The Bertz CT molecular complexity index is 483. The van der Waals surface area contributed by atoms with Crippen LogP contribution in [0.4, 0.5) is 0 Å². The topological polar surface area (TPSA) is 32.7 Å². The Kier molecular flexibility index (Phi) is 4.84. The summed E-state index contributed by atoms with van der Waals surface area (Å²) in [6.45, 7) is 1.00. The average molecular weight is 259 g/mol. The van der Waals surface area contributed by atoms with Crippen LogP contribution in [0.2, 0.25) is 0 Å². The SMILES string of the molecule is COc1ccc(C#CCCO)cc1CN(C)C1CC1. The van der Waals surface area contributed by atoms with E-state index in [0.29, 0.717) is 6.42 Å². The molecule has 2 rings (SSSR count). The molecule has 3 nitrogen and oxygen atoms in total. The normalized spacial score (nSPS) is 14.1. The predicted octanol–water partition coefficient (Wildman–Crippen LogP) is 2.02. The monoisotopic (exact) mass is 259 g/mol. The van der Waals surface area contributed by atoms with E-state index in [0.717, 1.165) is 23.9 Å². The number of hydrogen-bond donors (Lipinski definition) is 1. The van der Waals surface area contributed by atoms with E-state index in [4.69, 9.17) is 9.84 Å². The highest BCUT2D eigenvalue weighted by Gasteiger charge is 2.26. The van der Waals surface area contributed by atoms with Crippen molar-refractivity contribution in [1.29, 1.82) is 0 Å². The van der Waals surface area contributed by atoms with Gasteiger partial charge in [-0.25, -0.2) is 0 Å². The Balaban J connectivity index is 2.13. The van der Waals surface area contributed by atoms with E-state index < -0.39 is 0 Å². The first kappa shape index (κ1) is 13.9. The maximum atomic E-state index is 8.74. The second-order valence-electron chi connectivity index (χ2n) is 4.95. The van der Waals surface area contributed by atoms with Gasteiger partial charge in [0.1, 0.15) is 5.75 Å². The quantitative estimate of drug-likeness (QED) is 0.821. The number of nitrogens with zero attached hydrogens (tertiary/aromatic N) is 1. The van der Waals surface area contributed by atoms with Crippen LogP contribution in [0.15, 0.2) is 18.2 Å². The molecule has 1 fully saturated rings. The fraction of sp³-hybridized carbons (Fsp3) is 0.500. The zero-order chi connectivity index (χ0) is 13.7. The van der Waals surface area contributed by atoms with Crippen molar-refractivity contribution in [3.05, 3.63) is 29.3 Å². The van der Waals surface area contributed by atoms with Crippen LogP contribution in [0.3, 0.4) is 0 Å².